The first kappa shape index (κ1) is 24.1. The summed E-state index contributed by atoms with van der Waals surface area (Å²) < 4.78 is 6.13. The standard InChI is InChI=1S/C27H21N3O6S/c1-14-4-10-19-21(12-14)37-27(28-19)29-23(16-5-8-18(9-6-16)30(34)35)22(25(32)26(29)33)24(31)17-7-11-20(36-3)15(2)13-17/h4-13,23,31H,1-3H3/t23-/m1/s1. The summed E-state index contributed by atoms with van der Waals surface area (Å²) in [6, 6.07) is 15.1. The van der Waals surface area contributed by atoms with Gasteiger partial charge in [0.15, 0.2) is 5.13 Å². The molecule has 3 aromatic carbocycles. The van der Waals surface area contributed by atoms with Crippen molar-refractivity contribution >= 4 is 49.8 Å². The number of rotatable bonds is 5. The number of thiazole rings is 1. The number of non-ortho nitro benzene ring substituents is 1. The van der Waals surface area contributed by atoms with Crippen molar-refractivity contribution in [2.24, 2.45) is 0 Å². The Morgan fingerprint density at radius 2 is 1.81 bits per heavy atom. The van der Waals surface area contributed by atoms with Gasteiger partial charge in [0.05, 0.1) is 33.9 Å². The Hall–Kier alpha value is -4.57. The van der Waals surface area contributed by atoms with E-state index in [1.165, 1.54) is 47.6 Å². The summed E-state index contributed by atoms with van der Waals surface area (Å²) in [6.45, 7) is 3.74. The lowest BCUT2D eigenvalue weighted by Gasteiger charge is -2.23. The van der Waals surface area contributed by atoms with Crippen LogP contribution in [0.1, 0.15) is 28.3 Å². The molecule has 0 radical (unpaired) electrons. The monoisotopic (exact) mass is 515 g/mol. The number of nitro benzene ring substituents is 1. The molecule has 1 aliphatic heterocycles. The lowest BCUT2D eigenvalue weighted by atomic mass is 9.94. The fourth-order valence-electron chi connectivity index (χ4n) is 4.43. The van der Waals surface area contributed by atoms with Gasteiger partial charge >= 0.3 is 5.91 Å². The molecular weight excluding hydrogens is 494 g/mol. The van der Waals surface area contributed by atoms with E-state index in [-0.39, 0.29) is 22.2 Å². The van der Waals surface area contributed by atoms with Crippen molar-refractivity contribution in [3.8, 4) is 5.75 Å². The fraction of sp³-hybridized carbons (Fsp3) is 0.148. The highest BCUT2D eigenvalue weighted by molar-refractivity contribution is 7.22. The molecule has 0 unspecified atom stereocenters. The molecule has 1 fully saturated rings. The van der Waals surface area contributed by atoms with Crippen molar-refractivity contribution in [2.45, 2.75) is 19.9 Å². The number of hydrogen-bond donors (Lipinski definition) is 1. The van der Waals surface area contributed by atoms with Crippen LogP contribution < -0.4 is 9.64 Å². The minimum atomic E-state index is -1.04. The lowest BCUT2D eigenvalue weighted by Crippen LogP contribution is -2.29. The van der Waals surface area contributed by atoms with Crippen LogP contribution in [0.4, 0.5) is 10.8 Å². The molecule has 0 spiro atoms. The average molecular weight is 516 g/mol. The maximum absolute atomic E-state index is 13.4. The molecule has 1 saturated heterocycles. The van der Waals surface area contributed by atoms with E-state index in [1.807, 2.05) is 25.1 Å². The maximum Gasteiger partial charge on any atom is 0.301 e. The third-order valence-corrected chi connectivity index (χ3v) is 7.29. The SMILES string of the molecule is COc1ccc(C(O)=C2C(=O)C(=O)N(c3nc4ccc(C)cc4s3)[C@@H]2c2ccc([N+](=O)[O-])cc2)cc1C. The minimum Gasteiger partial charge on any atom is -0.507 e. The number of benzene rings is 3. The Bertz CT molecular complexity index is 1620. The first-order valence-electron chi connectivity index (χ1n) is 11.3. The smallest absolute Gasteiger partial charge is 0.301 e. The molecule has 0 bridgehead atoms. The zero-order chi connectivity index (χ0) is 26.4. The molecule has 0 aliphatic carbocycles. The first-order chi connectivity index (χ1) is 17.7. The summed E-state index contributed by atoms with van der Waals surface area (Å²) in [6.07, 6.45) is 0. The van der Waals surface area contributed by atoms with Crippen LogP contribution in [0.2, 0.25) is 0 Å². The van der Waals surface area contributed by atoms with Gasteiger partial charge in [-0.3, -0.25) is 24.6 Å². The molecule has 1 amide bonds. The van der Waals surface area contributed by atoms with Crippen LogP contribution in [0.25, 0.3) is 16.0 Å². The number of aliphatic hydroxyl groups is 1. The molecule has 1 aliphatic rings. The molecule has 1 N–H and O–H groups in total. The molecule has 10 heteroatoms. The van der Waals surface area contributed by atoms with E-state index in [2.05, 4.69) is 4.98 Å². The Morgan fingerprint density at radius 3 is 2.46 bits per heavy atom. The molecule has 9 nitrogen and oxygen atoms in total. The molecule has 0 saturated carbocycles. The zero-order valence-electron chi connectivity index (χ0n) is 20.1. The van der Waals surface area contributed by atoms with Crippen molar-refractivity contribution in [1.82, 2.24) is 4.98 Å². The second-order valence-electron chi connectivity index (χ2n) is 8.67. The van der Waals surface area contributed by atoms with E-state index in [9.17, 15) is 24.8 Å². The highest BCUT2D eigenvalue weighted by Gasteiger charge is 2.48. The van der Waals surface area contributed by atoms with Crippen LogP contribution in [0.3, 0.4) is 0 Å². The minimum absolute atomic E-state index is 0.126. The number of anilines is 1. The number of amides is 1. The van der Waals surface area contributed by atoms with Gasteiger partial charge in [-0.05, 0) is 73.0 Å². The number of ketones is 1. The van der Waals surface area contributed by atoms with Crippen LogP contribution >= 0.6 is 11.3 Å². The number of nitro groups is 1. The molecule has 4 aromatic rings. The Kier molecular flexibility index (Phi) is 5.96. The highest BCUT2D eigenvalue weighted by atomic mass is 32.1. The molecular formula is C27H21N3O6S. The van der Waals surface area contributed by atoms with Gasteiger partial charge in [0.2, 0.25) is 0 Å². The number of carbonyl (C=O) groups excluding carboxylic acids is 2. The van der Waals surface area contributed by atoms with E-state index in [0.717, 1.165) is 15.8 Å². The number of methoxy groups -OCH3 is 1. The van der Waals surface area contributed by atoms with E-state index in [1.54, 1.807) is 25.1 Å². The van der Waals surface area contributed by atoms with Crippen LogP contribution in [-0.4, -0.2) is 33.8 Å². The predicted molar refractivity (Wildman–Crippen MR) is 140 cm³/mol. The number of aliphatic hydroxyl groups excluding tert-OH is 1. The highest BCUT2D eigenvalue weighted by Crippen LogP contribution is 2.44. The third kappa shape index (κ3) is 4.11. The lowest BCUT2D eigenvalue weighted by molar-refractivity contribution is -0.384. The summed E-state index contributed by atoms with van der Waals surface area (Å²) >= 11 is 1.25. The van der Waals surface area contributed by atoms with Gasteiger partial charge in [-0.15, -0.1) is 0 Å². The summed E-state index contributed by atoms with van der Waals surface area (Å²) in [7, 11) is 1.53. The zero-order valence-corrected chi connectivity index (χ0v) is 20.9. The number of nitrogens with zero attached hydrogens (tertiary/aromatic N) is 3. The number of aryl methyl sites for hydroxylation is 2. The summed E-state index contributed by atoms with van der Waals surface area (Å²) in [5, 5.41) is 22.8. The molecule has 186 valence electrons. The summed E-state index contributed by atoms with van der Waals surface area (Å²) in [5.41, 5.74) is 2.91. The summed E-state index contributed by atoms with van der Waals surface area (Å²) in [5.74, 6) is -1.46. The van der Waals surface area contributed by atoms with Gasteiger partial charge in [-0.25, -0.2) is 4.98 Å². The van der Waals surface area contributed by atoms with Crippen molar-refractivity contribution in [1.29, 1.82) is 0 Å². The third-order valence-electron chi connectivity index (χ3n) is 6.27. The van der Waals surface area contributed by atoms with Gasteiger partial charge < -0.3 is 9.84 Å². The van der Waals surface area contributed by atoms with E-state index in [4.69, 9.17) is 4.74 Å². The number of hydrogen-bond acceptors (Lipinski definition) is 8. The van der Waals surface area contributed by atoms with Crippen LogP contribution in [0, 0.1) is 24.0 Å². The predicted octanol–water partition coefficient (Wildman–Crippen LogP) is 5.46. The second kappa shape index (κ2) is 9.14. The van der Waals surface area contributed by atoms with Crippen molar-refractivity contribution in [2.75, 3.05) is 12.0 Å². The quantitative estimate of drug-likeness (QED) is 0.123. The second-order valence-corrected chi connectivity index (χ2v) is 9.68. The topological polar surface area (TPSA) is 123 Å². The Labute approximate surface area is 215 Å². The van der Waals surface area contributed by atoms with E-state index < -0.39 is 22.7 Å². The molecule has 37 heavy (non-hydrogen) atoms. The van der Waals surface area contributed by atoms with Gasteiger partial charge in [0.25, 0.3) is 11.5 Å². The van der Waals surface area contributed by atoms with E-state index in [0.29, 0.717) is 22.4 Å². The van der Waals surface area contributed by atoms with Gasteiger partial charge in [0, 0.05) is 17.7 Å². The number of aromatic nitrogens is 1. The first-order valence-corrected chi connectivity index (χ1v) is 12.1. The van der Waals surface area contributed by atoms with Crippen LogP contribution in [0.5, 0.6) is 5.75 Å². The number of carbonyl (C=O) groups is 2. The Balaban J connectivity index is 1.72. The molecule has 2 heterocycles. The molecule has 5 rings (SSSR count). The maximum atomic E-state index is 13.4. The molecule has 1 atom stereocenters. The van der Waals surface area contributed by atoms with Crippen LogP contribution in [-0.2, 0) is 9.59 Å². The number of Topliss-reactive ketones (excluding diaryl/α,β-unsaturated/α-hetero) is 1. The normalized spacial score (nSPS) is 16.9. The van der Waals surface area contributed by atoms with E-state index >= 15 is 0 Å². The number of ether oxygens (including phenoxy) is 1. The van der Waals surface area contributed by atoms with Crippen molar-refractivity contribution in [3.63, 3.8) is 0 Å². The van der Waals surface area contributed by atoms with Gasteiger partial charge in [-0.2, -0.15) is 0 Å². The summed E-state index contributed by atoms with van der Waals surface area (Å²) in [4.78, 5) is 43.3. The molecule has 1 aromatic heterocycles. The van der Waals surface area contributed by atoms with Crippen molar-refractivity contribution < 1.29 is 24.4 Å². The van der Waals surface area contributed by atoms with Gasteiger partial charge in [0.1, 0.15) is 11.5 Å². The van der Waals surface area contributed by atoms with Gasteiger partial charge in [-0.1, -0.05) is 17.4 Å². The average Bonchev–Trinajstić information content (AvgIpc) is 3.41. The largest absolute Gasteiger partial charge is 0.507 e. The van der Waals surface area contributed by atoms with Crippen molar-refractivity contribution in [3.05, 3.63) is 98.6 Å². The fourth-order valence-corrected chi connectivity index (χ4v) is 5.52. The van der Waals surface area contributed by atoms with Crippen LogP contribution in [0.15, 0.2) is 66.2 Å². The number of fused-ring (bicyclic) bond motifs is 1. The Morgan fingerprint density at radius 1 is 1.08 bits per heavy atom.